The second-order valence-corrected chi connectivity index (χ2v) is 6.99. The Bertz CT molecular complexity index is 543. The van der Waals surface area contributed by atoms with Crippen LogP contribution in [0.4, 0.5) is 10.5 Å². The molecule has 1 amide bonds. The lowest BCUT2D eigenvalue weighted by atomic mass is 10.0. The quantitative estimate of drug-likeness (QED) is 0.820. The number of hydrogen-bond acceptors (Lipinski definition) is 4. The van der Waals surface area contributed by atoms with Gasteiger partial charge in [-0.25, -0.2) is 4.79 Å². The number of nitrogens with zero attached hydrogens (tertiary/aromatic N) is 1. The van der Waals surface area contributed by atoms with Crippen molar-refractivity contribution in [1.29, 1.82) is 0 Å². The van der Waals surface area contributed by atoms with E-state index in [-0.39, 0.29) is 12.1 Å². The summed E-state index contributed by atoms with van der Waals surface area (Å²) in [5.74, 6) is 0. The van der Waals surface area contributed by atoms with E-state index in [9.17, 15) is 4.79 Å². The van der Waals surface area contributed by atoms with Crippen LogP contribution >= 0.6 is 11.6 Å². The first-order chi connectivity index (χ1) is 10.3. The zero-order valence-electron chi connectivity index (χ0n) is 13.4. The predicted molar refractivity (Wildman–Crippen MR) is 89.2 cm³/mol. The van der Waals surface area contributed by atoms with Gasteiger partial charge in [-0.1, -0.05) is 11.6 Å². The summed E-state index contributed by atoms with van der Waals surface area (Å²) in [5, 5.41) is 3.98. The zero-order chi connectivity index (χ0) is 16.3. The Hall–Kier alpha value is -1.46. The van der Waals surface area contributed by atoms with E-state index in [1.54, 1.807) is 17.0 Å². The molecule has 1 aliphatic rings. The summed E-state index contributed by atoms with van der Waals surface area (Å²) in [6.45, 7) is 7.72. The molecule has 0 bridgehead atoms. The molecule has 1 heterocycles. The molecular weight excluding hydrogens is 302 g/mol. The highest BCUT2D eigenvalue weighted by Crippen LogP contribution is 2.23. The fourth-order valence-electron chi connectivity index (χ4n) is 2.51. The molecule has 1 aliphatic heterocycles. The molecule has 1 aromatic rings. The molecule has 1 fully saturated rings. The highest BCUT2D eigenvalue weighted by atomic mass is 35.5. The van der Waals surface area contributed by atoms with Gasteiger partial charge in [0.05, 0.1) is 6.04 Å². The highest BCUT2D eigenvalue weighted by molar-refractivity contribution is 6.31. The third-order valence-electron chi connectivity index (χ3n) is 3.50. The van der Waals surface area contributed by atoms with Crippen molar-refractivity contribution >= 4 is 23.4 Å². The molecule has 22 heavy (non-hydrogen) atoms. The van der Waals surface area contributed by atoms with Crippen molar-refractivity contribution in [3.63, 3.8) is 0 Å². The third-order valence-corrected chi connectivity index (χ3v) is 3.87. The number of anilines is 1. The molecule has 0 aliphatic carbocycles. The second-order valence-electron chi connectivity index (χ2n) is 6.59. The number of piperazine rings is 1. The van der Waals surface area contributed by atoms with E-state index in [0.29, 0.717) is 30.2 Å². The third kappa shape index (κ3) is 4.52. The van der Waals surface area contributed by atoms with Crippen molar-refractivity contribution in [3.05, 3.63) is 28.8 Å². The number of hydrogen-bond donors (Lipinski definition) is 2. The lowest BCUT2D eigenvalue weighted by Crippen LogP contribution is -2.55. The second kappa shape index (κ2) is 6.75. The molecule has 0 aromatic heterocycles. The number of nitrogen functional groups attached to an aromatic ring is 1. The van der Waals surface area contributed by atoms with Crippen LogP contribution in [0.15, 0.2) is 18.2 Å². The number of nitrogens with two attached hydrogens (primary N) is 1. The SMILES string of the molecule is CC(C)(C)OC(=O)N1CCNCC1Cc1cc(N)ccc1Cl. The summed E-state index contributed by atoms with van der Waals surface area (Å²) >= 11 is 6.24. The van der Waals surface area contributed by atoms with E-state index < -0.39 is 5.60 Å². The molecule has 1 unspecified atom stereocenters. The summed E-state index contributed by atoms with van der Waals surface area (Å²) in [6.07, 6.45) is 0.370. The van der Waals surface area contributed by atoms with E-state index in [2.05, 4.69) is 5.32 Å². The summed E-state index contributed by atoms with van der Waals surface area (Å²) in [5.41, 5.74) is 6.95. The summed E-state index contributed by atoms with van der Waals surface area (Å²) in [4.78, 5) is 14.2. The predicted octanol–water partition coefficient (Wildman–Crippen LogP) is 2.67. The Morgan fingerprint density at radius 2 is 2.23 bits per heavy atom. The molecule has 122 valence electrons. The fraction of sp³-hybridized carbons (Fsp3) is 0.562. The number of ether oxygens (including phenoxy) is 1. The van der Waals surface area contributed by atoms with E-state index in [4.69, 9.17) is 22.1 Å². The topological polar surface area (TPSA) is 67.6 Å². The summed E-state index contributed by atoms with van der Waals surface area (Å²) in [6, 6.07) is 5.43. The molecular formula is C16H24ClN3O2. The average molecular weight is 326 g/mol. The fourth-order valence-corrected chi connectivity index (χ4v) is 2.70. The van der Waals surface area contributed by atoms with Crippen LogP contribution in [0.5, 0.6) is 0 Å². The van der Waals surface area contributed by atoms with Crippen molar-refractivity contribution < 1.29 is 9.53 Å². The first-order valence-electron chi connectivity index (χ1n) is 7.50. The van der Waals surface area contributed by atoms with Crippen LogP contribution in [0, 0.1) is 0 Å². The minimum Gasteiger partial charge on any atom is -0.444 e. The van der Waals surface area contributed by atoms with Crippen LogP contribution in [-0.4, -0.2) is 42.3 Å². The van der Waals surface area contributed by atoms with Crippen molar-refractivity contribution in [1.82, 2.24) is 10.2 Å². The van der Waals surface area contributed by atoms with Crippen LogP contribution in [0.25, 0.3) is 0 Å². The molecule has 0 radical (unpaired) electrons. The Balaban J connectivity index is 2.13. The highest BCUT2D eigenvalue weighted by Gasteiger charge is 2.30. The number of nitrogens with one attached hydrogen (secondary N) is 1. The van der Waals surface area contributed by atoms with Gasteiger partial charge in [0.1, 0.15) is 5.60 Å². The van der Waals surface area contributed by atoms with Crippen molar-refractivity contribution in [2.75, 3.05) is 25.4 Å². The van der Waals surface area contributed by atoms with Crippen LogP contribution < -0.4 is 11.1 Å². The van der Waals surface area contributed by atoms with Crippen molar-refractivity contribution in [2.24, 2.45) is 0 Å². The number of rotatable bonds is 2. The molecule has 1 atom stereocenters. The molecule has 2 rings (SSSR count). The lowest BCUT2D eigenvalue weighted by Gasteiger charge is -2.37. The molecule has 5 nitrogen and oxygen atoms in total. The largest absolute Gasteiger partial charge is 0.444 e. The maximum Gasteiger partial charge on any atom is 0.410 e. The van der Waals surface area contributed by atoms with Gasteiger partial charge < -0.3 is 20.7 Å². The van der Waals surface area contributed by atoms with Gasteiger partial charge in [0, 0.05) is 30.3 Å². The number of carbonyl (C=O) groups excluding carboxylic acids is 1. The molecule has 6 heteroatoms. The van der Waals surface area contributed by atoms with Crippen LogP contribution in [-0.2, 0) is 11.2 Å². The Kier molecular flexibility index (Phi) is 5.19. The number of benzene rings is 1. The monoisotopic (exact) mass is 325 g/mol. The van der Waals surface area contributed by atoms with Crippen molar-refractivity contribution in [3.8, 4) is 0 Å². The van der Waals surface area contributed by atoms with Gasteiger partial charge in [0.15, 0.2) is 0 Å². The van der Waals surface area contributed by atoms with Crippen LogP contribution in [0.3, 0.4) is 0 Å². The van der Waals surface area contributed by atoms with E-state index >= 15 is 0 Å². The average Bonchev–Trinajstić information content (AvgIpc) is 2.41. The minimum atomic E-state index is -0.499. The van der Waals surface area contributed by atoms with E-state index in [0.717, 1.165) is 12.1 Å². The smallest absolute Gasteiger partial charge is 0.410 e. The molecule has 1 saturated heterocycles. The summed E-state index contributed by atoms with van der Waals surface area (Å²) < 4.78 is 5.50. The molecule has 1 aromatic carbocycles. The van der Waals surface area contributed by atoms with Gasteiger partial charge in [-0.2, -0.15) is 0 Å². The zero-order valence-corrected chi connectivity index (χ0v) is 14.1. The van der Waals surface area contributed by atoms with Gasteiger partial charge >= 0.3 is 6.09 Å². The molecule has 3 N–H and O–H groups in total. The molecule has 0 saturated carbocycles. The Morgan fingerprint density at radius 3 is 2.91 bits per heavy atom. The Labute approximate surface area is 136 Å². The van der Waals surface area contributed by atoms with Crippen LogP contribution in [0.2, 0.25) is 5.02 Å². The van der Waals surface area contributed by atoms with Gasteiger partial charge in [-0.3, -0.25) is 0 Å². The number of carbonyl (C=O) groups is 1. The maximum absolute atomic E-state index is 12.4. The Morgan fingerprint density at radius 1 is 1.50 bits per heavy atom. The van der Waals surface area contributed by atoms with Gasteiger partial charge in [-0.05, 0) is 51.0 Å². The van der Waals surface area contributed by atoms with E-state index in [1.165, 1.54) is 0 Å². The van der Waals surface area contributed by atoms with Crippen molar-refractivity contribution in [2.45, 2.75) is 38.8 Å². The van der Waals surface area contributed by atoms with Gasteiger partial charge in [-0.15, -0.1) is 0 Å². The number of amides is 1. The number of halogens is 1. The van der Waals surface area contributed by atoms with Gasteiger partial charge in [0.25, 0.3) is 0 Å². The minimum absolute atomic E-state index is 0.00269. The van der Waals surface area contributed by atoms with Crippen LogP contribution in [0.1, 0.15) is 26.3 Å². The maximum atomic E-state index is 12.4. The lowest BCUT2D eigenvalue weighted by molar-refractivity contribution is 0.0122. The summed E-state index contributed by atoms with van der Waals surface area (Å²) in [7, 11) is 0. The normalized spacial score (nSPS) is 19.1. The van der Waals surface area contributed by atoms with Gasteiger partial charge in [0.2, 0.25) is 0 Å². The van der Waals surface area contributed by atoms with E-state index in [1.807, 2.05) is 26.8 Å². The first-order valence-corrected chi connectivity index (χ1v) is 7.88. The first kappa shape index (κ1) is 16.9. The standard InChI is InChI=1S/C16H24ClN3O2/c1-16(2,3)22-15(21)20-7-6-19-10-13(20)9-11-8-12(18)4-5-14(11)17/h4-5,8,13,19H,6-7,9-10,18H2,1-3H3. The molecule has 0 spiro atoms.